The number of primary amides is 1. The zero-order valence-corrected chi connectivity index (χ0v) is 12.2. The summed E-state index contributed by atoms with van der Waals surface area (Å²) < 4.78 is 1.84. The number of nitrogens with zero attached hydrogens (tertiary/aromatic N) is 3. The van der Waals surface area contributed by atoms with Crippen LogP contribution in [0.1, 0.15) is 17.5 Å². The van der Waals surface area contributed by atoms with Gasteiger partial charge in [0.1, 0.15) is 0 Å². The molecule has 0 aliphatic carbocycles. The van der Waals surface area contributed by atoms with E-state index in [-0.39, 0.29) is 18.2 Å². The van der Waals surface area contributed by atoms with Gasteiger partial charge in [-0.2, -0.15) is 5.10 Å². The number of likely N-dealkylation sites (tertiary alicyclic amines) is 1. The maximum atomic E-state index is 11.9. The quantitative estimate of drug-likeness (QED) is 0.885. The lowest BCUT2D eigenvalue weighted by Gasteiger charge is -2.14. The van der Waals surface area contributed by atoms with Crippen LogP contribution in [-0.2, 0) is 22.7 Å². The van der Waals surface area contributed by atoms with E-state index in [2.05, 4.69) is 5.10 Å². The first-order valence-electron chi connectivity index (χ1n) is 7.24. The number of hydrogen-bond donors (Lipinski definition) is 1. The van der Waals surface area contributed by atoms with E-state index in [4.69, 9.17) is 5.73 Å². The second-order valence-corrected chi connectivity index (χ2v) is 5.61. The summed E-state index contributed by atoms with van der Waals surface area (Å²) in [6.07, 6.45) is 3.90. The predicted octanol–water partition coefficient (Wildman–Crippen LogP) is 0.765. The standard InChI is InChI=1S/C16H18N4O2/c17-16(22)14-6-15(21)19(11-14)8-13-7-18-20(10-13)9-12-4-2-1-3-5-12/h1-5,7,10,14H,6,8-9,11H2,(H2,17,22). The molecular weight excluding hydrogens is 280 g/mol. The van der Waals surface area contributed by atoms with E-state index in [1.807, 2.05) is 41.2 Å². The predicted molar refractivity (Wildman–Crippen MR) is 80.5 cm³/mol. The Morgan fingerprint density at radius 2 is 2.00 bits per heavy atom. The van der Waals surface area contributed by atoms with E-state index < -0.39 is 5.91 Å². The third kappa shape index (κ3) is 3.16. The van der Waals surface area contributed by atoms with Crippen molar-refractivity contribution in [3.8, 4) is 0 Å². The topological polar surface area (TPSA) is 81.2 Å². The van der Waals surface area contributed by atoms with Gasteiger partial charge in [-0.15, -0.1) is 0 Å². The fourth-order valence-electron chi connectivity index (χ4n) is 2.68. The number of aromatic nitrogens is 2. The van der Waals surface area contributed by atoms with Crippen molar-refractivity contribution in [3.05, 3.63) is 53.9 Å². The van der Waals surface area contributed by atoms with Crippen LogP contribution in [0, 0.1) is 5.92 Å². The third-order valence-electron chi connectivity index (χ3n) is 3.86. The van der Waals surface area contributed by atoms with Gasteiger partial charge in [-0.25, -0.2) is 0 Å². The van der Waals surface area contributed by atoms with Crippen molar-refractivity contribution in [2.45, 2.75) is 19.5 Å². The molecule has 3 rings (SSSR count). The van der Waals surface area contributed by atoms with Gasteiger partial charge in [-0.1, -0.05) is 30.3 Å². The van der Waals surface area contributed by atoms with Crippen molar-refractivity contribution in [2.24, 2.45) is 11.7 Å². The van der Waals surface area contributed by atoms with E-state index in [1.165, 1.54) is 5.56 Å². The summed E-state index contributed by atoms with van der Waals surface area (Å²) in [5.41, 5.74) is 7.39. The number of rotatable bonds is 5. The van der Waals surface area contributed by atoms with Gasteiger partial charge < -0.3 is 10.6 Å². The van der Waals surface area contributed by atoms with Crippen LogP contribution in [0.4, 0.5) is 0 Å². The first-order valence-corrected chi connectivity index (χ1v) is 7.24. The summed E-state index contributed by atoms with van der Waals surface area (Å²) in [6.45, 7) is 1.56. The largest absolute Gasteiger partial charge is 0.369 e. The molecule has 0 bridgehead atoms. The van der Waals surface area contributed by atoms with Crippen molar-refractivity contribution in [3.63, 3.8) is 0 Å². The van der Waals surface area contributed by atoms with Gasteiger partial charge in [-0.3, -0.25) is 14.3 Å². The monoisotopic (exact) mass is 298 g/mol. The maximum absolute atomic E-state index is 11.9. The lowest BCUT2D eigenvalue weighted by molar-refractivity contribution is -0.128. The number of carbonyl (C=O) groups excluding carboxylic acids is 2. The van der Waals surface area contributed by atoms with Crippen LogP contribution < -0.4 is 5.73 Å². The first kappa shape index (κ1) is 14.3. The highest BCUT2D eigenvalue weighted by Gasteiger charge is 2.33. The molecule has 1 aliphatic rings. The molecule has 1 atom stereocenters. The second-order valence-electron chi connectivity index (χ2n) is 5.61. The molecule has 1 aromatic heterocycles. The molecule has 6 heteroatoms. The summed E-state index contributed by atoms with van der Waals surface area (Å²) >= 11 is 0. The van der Waals surface area contributed by atoms with Crippen molar-refractivity contribution in [2.75, 3.05) is 6.54 Å². The lowest BCUT2D eigenvalue weighted by atomic mass is 10.1. The minimum Gasteiger partial charge on any atom is -0.369 e. The van der Waals surface area contributed by atoms with E-state index in [0.29, 0.717) is 19.6 Å². The Morgan fingerprint density at radius 1 is 1.23 bits per heavy atom. The van der Waals surface area contributed by atoms with Gasteiger partial charge >= 0.3 is 0 Å². The van der Waals surface area contributed by atoms with Gasteiger partial charge in [0.15, 0.2) is 0 Å². The SMILES string of the molecule is NC(=O)C1CC(=O)N(Cc2cnn(Cc3ccccc3)c2)C1. The second kappa shape index (κ2) is 6.01. The van der Waals surface area contributed by atoms with Crippen molar-refractivity contribution in [1.82, 2.24) is 14.7 Å². The minimum atomic E-state index is -0.407. The highest BCUT2D eigenvalue weighted by atomic mass is 16.2. The summed E-state index contributed by atoms with van der Waals surface area (Å²) in [5.74, 6) is -0.804. The summed E-state index contributed by atoms with van der Waals surface area (Å²) in [5, 5.41) is 4.32. The Hall–Kier alpha value is -2.63. The van der Waals surface area contributed by atoms with Crippen LogP contribution in [0.25, 0.3) is 0 Å². The highest BCUT2D eigenvalue weighted by Crippen LogP contribution is 2.19. The fourth-order valence-corrected chi connectivity index (χ4v) is 2.68. The number of nitrogens with two attached hydrogens (primary N) is 1. The average Bonchev–Trinajstić information content (AvgIpc) is 3.08. The maximum Gasteiger partial charge on any atom is 0.223 e. The molecule has 2 amide bonds. The average molecular weight is 298 g/mol. The molecule has 0 spiro atoms. The van der Waals surface area contributed by atoms with Crippen molar-refractivity contribution >= 4 is 11.8 Å². The van der Waals surface area contributed by atoms with Crippen LogP contribution in [0.15, 0.2) is 42.7 Å². The molecule has 1 unspecified atom stereocenters. The molecule has 2 N–H and O–H groups in total. The number of benzene rings is 1. The summed E-state index contributed by atoms with van der Waals surface area (Å²) in [4.78, 5) is 24.7. The molecular formula is C16H18N4O2. The van der Waals surface area contributed by atoms with Crippen LogP contribution in [0.5, 0.6) is 0 Å². The lowest BCUT2D eigenvalue weighted by Crippen LogP contribution is -2.28. The molecule has 6 nitrogen and oxygen atoms in total. The Labute approximate surface area is 128 Å². The number of hydrogen-bond acceptors (Lipinski definition) is 3. The summed E-state index contributed by atoms with van der Waals surface area (Å²) in [7, 11) is 0. The van der Waals surface area contributed by atoms with Gasteiger partial charge in [0.05, 0.1) is 18.7 Å². The zero-order valence-electron chi connectivity index (χ0n) is 12.2. The van der Waals surface area contributed by atoms with Crippen LogP contribution >= 0.6 is 0 Å². The van der Waals surface area contributed by atoms with Crippen molar-refractivity contribution < 1.29 is 9.59 Å². The van der Waals surface area contributed by atoms with Crippen LogP contribution in [0.2, 0.25) is 0 Å². The molecule has 1 aromatic carbocycles. The van der Waals surface area contributed by atoms with Gasteiger partial charge in [-0.05, 0) is 5.56 Å². The van der Waals surface area contributed by atoms with Crippen LogP contribution in [-0.4, -0.2) is 33.0 Å². The molecule has 0 saturated carbocycles. The van der Waals surface area contributed by atoms with Crippen molar-refractivity contribution in [1.29, 1.82) is 0 Å². The van der Waals surface area contributed by atoms with E-state index in [1.54, 1.807) is 11.1 Å². The van der Waals surface area contributed by atoms with Gasteiger partial charge in [0.2, 0.25) is 11.8 Å². The van der Waals surface area contributed by atoms with Crippen LogP contribution in [0.3, 0.4) is 0 Å². The molecule has 1 saturated heterocycles. The van der Waals surface area contributed by atoms with E-state index in [9.17, 15) is 9.59 Å². The molecule has 22 heavy (non-hydrogen) atoms. The third-order valence-corrected chi connectivity index (χ3v) is 3.86. The normalized spacial score (nSPS) is 17.9. The zero-order chi connectivity index (χ0) is 15.5. The Balaban J connectivity index is 1.62. The Morgan fingerprint density at radius 3 is 2.68 bits per heavy atom. The Kier molecular flexibility index (Phi) is 3.91. The van der Waals surface area contributed by atoms with E-state index in [0.717, 1.165) is 5.56 Å². The van der Waals surface area contributed by atoms with Gasteiger partial charge in [0.25, 0.3) is 0 Å². The minimum absolute atomic E-state index is 0.0281. The molecule has 2 aromatic rings. The summed E-state index contributed by atoms with van der Waals surface area (Å²) in [6, 6.07) is 10.1. The Bertz CT molecular complexity index is 680. The van der Waals surface area contributed by atoms with Gasteiger partial charge in [0, 0.05) is 31.3 Å². The number of carbonyl (C=O) groups is 2. The fraction of sp³-hybridized carbons (Fsp3) is 0.312. The molecule has 1 aliphatic heterocycles. The highest BCUT2D eigenvalue weighted by molar-refractivity contribution is 5.88. The molecule has 2 heterocycles. The first-order chi connectivity index (χ1) is 10.6. The smallest absolute Gasteiger partial charge is 0.223 e. The molecule has 0 radical (unpaired) electrons. The van der Waals surface area contributed by atoms with E-state index >= 15 is 0 Å². The molecule has 114 valence electrons. The molecule has 1 fully saturated rings. The number of amides is 2.